The van der Waals surface area contributed by atoms with Gasteiger partial charge in [0.1, 0.15) is 0 Å². The lowest BCUT2D eigenvalue weighted by Gasteiger charge is -2.05. The smallest absolute Gasteiger partial charge is 0.265 e. The maximum absolute atomic E-state index is 12.3. The van der Waals surface area contributed by atoms with Crippen LogP contribution in [0.5, 0.6) is 0 Å². The summed E-state index contributed by atoms with van der Waals surface area (Å²) in [6.45, 7) is 0.365. The maximum Gasteiger partial charge on any atom is 0.265 e. The van der Waals surface area contributed by atoms with E-state index >= 15 is 0 Å². The van der Waals surface area contributed by atoms with Gasteiger partial charge in [-0.3, -0.25) is 0 Å². The molecule has 0 aromatic heterocycles. The van der Waals surface area contributed by atoms with Gasteiger partial charge in [-0.2, -0.15) is 0 Å². The van der Waals surface area contributed by atoms with Gasteiger partial charge in [0.15, 0.2) is 0 Å². The lowest BCUT2D eigenvalue weighted by molar-refractivity contribution is 0.151. The van der Waals surface area contributed by atoms with Crippen LogP contribution in [0.25, 0.3) is 0 Å². The predicted molar refractivity (Wildman–Crippen MR) is 54.7 cm³/mol. The minimum absolute atomic E-state index is 0.0854. The molecule has 0 heterocycles. The van der Waals surface area contributed by atoms with E-state index in [9.17, 15) is 8.78 Å². The molecule has 1 rings (SSSR count). The minimum Gasteiger partial charge on any atom is -0.311 e. The van der Waals surface area contributed by atoms with Gasteiger partial charge in [0.05, 0.1) is 6.61 Å². The first-order valence-electron chi connectivity index (χ1n) is 3.87. The molecule has 0 bridgehead atoms. The number of hydrogen-bond acceptors (Lipinski definition) is 2. The van der Waals surface area contributed by atoms with Crippen LogP contribution in [-0.4, -0.2) is 6.26 Å². The van der Waals surface area contributed by atoms with E-state index in [1.54, 1.807) is 12.3 Å². The first kappa shape index (κ1) is 11.8. The molecule has 0 amide bonds. The molecule has 0 saturated heterocycles. The van der Waals surface area contributed by atoms with E-state index in [0.29, 0.717) is 6.61 Å². The summed E-state index contributed by atoms with van der Waals surface area (Å²) in [7, 11) is 0. The molecule has 0 aliphatic carbocycles. The van der Waals surface area contributed by atoms with Crippen molar-refractivity contribution in [2.24, 2.45) is 0 Å². The Morgan fingerprint density at radius 2 is 2.21 bits per heavy atom. The van der Waals surface area contributed by atoms with Crippen molar-refractivity contribution >= 4 is 23.6 Å². The van der Waals surface area contributed by atoms with Crippen molar-refractivity contribution in [2.45, 2.75) is 13.0 Å². The van der Waals surface area contributed by atoms with E-state index < -0.39 is 6.43 Å². The molecular weight excluding hydrogens is 230 g/mol. The Bertz CT molecular complexity index is 307. The standard InChI is InChI=1S/C9H9ClF2OS/c1-14-13-5-6-2-3-7(9(11)12)8(10)4-6/h2-4,9H,5H2,1H3. The Hall–Kier alpha value is -0.320. The van der Waals surface area contributed by atoms with Gasteiger partial charge in [-0.1, -0.05) is 23.7 Å². The van der Waals surface area contributed by atoms with Crippen LogP contribution in [0, 0.1) is 0 Å². The SMILES string of the molecule is CSOCc1ccc(C(F)F)c(Cl)c1. The molecule has 0 radical (unpaired) electrons. The largest absolute Gasteiger partial charge is 0.311 e. The zero-order valence-electron chi connectivity index (χ0n) is 7.47. The van der Waals surface area contributed by atoms with E-state index in [1.807, 2.05) is 0 Å². The van der Waals surface area contributed by atoms with Gasteiger partial charge in [0.25, 0.3) is 6.43 Å². The summed E-state index contributed by atoms with van der Waals surface area (Å²) in [6.07, 6.45) is -0.743. The summed E-state index contributed by atoms with van der Waals surface area (Å²) in [6, 6.07) is 4.41. The molecule has 0 aliphatic rings. The summed E-state index contributed by atoms with van der Waals surface area (Å²) < 4.78 is 29.6. The number of halogens is 3. The molecule has 0 fully saturated rings. The predicted octanol–water partition coefficient (Wildman–Crippen LogP) is 4.07. The summed E-state index contributed by atoms with van der Waals surface area (Å²) in [5.41, 5.74) is 0.647. The van der Waals surface area contributed by atoms with Crippen molar-refractivity contribution in [3.05, 3.63) is 34.3 Å². The van der Waals surface area contributed by atoms with Crippen molar-refractivity contribution in [3.8, 4) is 0 Å². The van der Waals surface area contributed by atoms with Crippen molar-refractivity contribution in [2.75, 3.05) is 6.26 Å². The highest BCUT2D eigenvalue weighted by Crippen LogP contribution is 2.27. The first-order chi connectivity index (χ1) is 6.65. The van der Waals surface area contributed by atoms with Crippen LogP contribution in [0.4, 0.5) is 8.78 Å². The Balaban J connectivity index is 2.78. The van der Waals surface area contributed by atoms with Crippen molar-refractivity contribution in [3.63, 3.8) is 0 Å². The highest BCUT2D eigenvalue weighted by molar-refractivity contribution is 7.93. The third-order valence-electron chi connectivity index (χ3n) is 1.64. The van der Waals surface area contributed by atoms with Gasteiger partial charge in [0.2, 0.25) is 0 Å². The quantitative estimate of drug-likeness (QED) is 0.732. The fourth-order valence-electron chi connectivity index (χ4n) is 0.964. The maximum atomic E-state index is 12.3. The fraction of sp³-hybridized carbons (Fsp3) is 0.333. The first-order valence-corrected chi connectivity index (χ1v) is 5.40. The van der Waals surface area contributed by atoms with Crippen LogP contribution in [0.2, 0.25) is 5.02 Å². The van der Waals surface area contributed by atoms with Crippen molar-refractivity contribution in [1.82, 2.24) is 0 Å². The third kappa shape index (κ3) is 3.12. The molecule has 1 aromatic rings. The number of rotatable bonds is 4. The van der Waals surface area contributed by atoms with Crippen LogP contribution in [0.15, 0.2) is 18.2 Å². The van der Waals surface area contributed by atoms with E-state index in [1.165, 1.54) is 24.2 Å². The third-order valence-corrected chi connectivity index (χ3v) is 2.32. The summed E-state index contributed by atoms with van der Waals surface area (Å²) in [4.78, 5) is 0. The van der Waals surface area contributed by atoms with Crippen LogP contribution in [0.1, 0.15) is 17.6 Å². The molecule has 0 aliphatic heterocycles. The molecule has 78 valence electrons. The topological polar surface area (TPSA) is 9.23 Å². The molecule has 0 unspecified atom stereocenters. The Morgan fingerprint density at radius 1 is 1.50 bits per heavy atom. The molecule has 0 atom stereocenters. The fourth-order valence-corrected chi connectivity index (χ4v) is 1.50. The molecule has 0 spiro atoms. The Morgan fingerprint density at radius 3 is 2.71 bits per heavy atom. The average molecular weight is 239 g/mol. The second-order valence-electron chi connectivity index (χ2n) is 2.59. The van der Waals surface area contributed by atoms with Crippen LogP contribution < -0.4 is 0 Å². The lowest BCUT2D eigenvalue weighted by atomic mass is 10.1. The number of alkyl halides is 2. The van der Waals surface area contributed by atoms with Crippen molar-refractivity contribution in [1.29, 1.82) is 0 Å². The van der Waals surface area contributed by atoms with Gasteiger partial charge in [0, 0.05) is 16.8 Å². The molecule has 0 N–H and O–H groups in total. The zero-order valence-corrected chi connectivity index (χ0v) is 9.04. The highest BCUT2D eigenvalue weighted by atomic mass is 35.5. The lowest BCUT2D eigenvalue weighted by Crippen LogP contribution is -1.90. The van der Waals surface area contributed by atoms with E-state index in [2.05, 4.69) is 0 Å². The monoisotopic (exact) mass is 238 g/mol. The normalized spacial score (nSPS) is 10.9. The number of hydrogen-bond donors (Lipinski definition) is 0. The second kappa shape index (κ2) is 5.53. The second-order valence-corrected chi connectivity index (χ2v) is 3.56. The van der Waals surface area contributed by atoms with E-state index in [4.69, 9.17) is 15.8 Å². The average Bonchev–Trinajstić information content (AvgIpc) is 2.14. The highest BCUT2D eigenvalue weighted by Gasteiger charge is 2.11. The van der Waals surface area contributed by atoms with Crippen molar-refractivity contribution < 1.29 is 13.0 Å². The number of benzene rings is 1. The van der Waals surface area contributed by atoms with Crippen LogP contribution in [0.3, 0.4) is 0 Å². The van der Waals surface area contributed by atoms with Gasteiger partial charge >= 0.3 is 0 Å². The molecule has 0 saturated carbocycles. The van der Waals surface area contributed by atoms with Gasteiger partial charge in [-0.25, -0.2) is 8.78 Å². The van der Waals surface area contributed by atoms with Crippen LogP contribution >= 0.6 is 23.6 Å². The minimum atomic E-state index is -2.53. The summed E-state index contributed by atoms with van der Waals surface area (Å²) >= 11 is 6.88. The summed E-state index contributed by atoms with van der Waals surface area (Å²) in [5.74, 6) is 0. The molecule has 5 heteroatoms. The molecule has 14 heavy (non-hydrogen) atoms. The summed E-state index contributed by atoms with van der Waals surface area (Å²) in [5, 5.41) is 0.0854. The zero-order chi connectivity index (χ0) is 10.6. The van der Waals surface area contributed by atoms with E-state index in [0.717, 1.165) is 5.56 Å². The Kier molecular flexibility index (Phi) is 4.65. The van der Waals surface area contributed by atoms with Gasteiger partial charge in [-0.05, 0) is 23.7 Å². The molecule has 1 nitrogen and oxygen atoms in total. The molecule has 1 aromatic carbocycles. The van der Waals surface area contributed by atoms with Gasteiger partial charge in [-0.15, -0.1) is 0 Å². The van der Waals surface area contributed by atoms with E-state index in [-0.39, 0.29) is 10.6 Å². The molecular formula is C9H9ClF2OS. The van der Waals surface area contributed by atoms with Crippen LogP contribution in [-0.2, 0) is 10.8 Å². The Labute approximate surface area is 90.6 Å². The van der Waals surface area contributed by atoms with Gasteiger partial charge < -0.3 is 4.18 Å².